The summed E-state index contributed by atoms with van der Waals surface area (Å²) in [6.45, 7) is 9.70. The van der Waals surface area contributed by atoms with Crippen LogP contribution in [0.5, 0.6) is 0 Å². The average Bonchev–Trinajstić information content (AvgIpc) is 2.33. The molecule has 20 heavy (non-hydrogen) atoms. The zero-order valence-electron chi connectivity index (χ0n) is 13.4. The molecular weight excluding hydrogens is 246 g/mol. The van der Waals surface area contributed by atoms with Gasteiger partial charge in [0, 0.05) is 6.54 Å². The lowest BCUT2D eigenvalue weighted by atomic mass is 9.71. The van der Waals surface area contributed by atoms with Gasteiger partial charge < -0.3 is 10.5 Å². The van der Waals surface area contributed by atoms with Crippen LogP contribution in [0.15, 0.2) is 24.3 Å². The maximum absolute atomic E-state index is 6.36. The van der Waals surface area contributed by atoms with Crippen molar-refractivity contribution in [3.8, 4) is 0 Å². The lowest BCUT2D eigenvalue weighted by Crippen LogP contribution is -2.34. The van der Waals surface area contributed by atoms with Crippen LogP contribution in [-0.4, -0.2) is 12.6 Å². The number of nitrogens with two attached hydrogens (primary N) is 1. The molecule has 0 aromatic heterocycles. The van der Waals surface area contributed by atoms with Crippen molar-refractivity contribution in [2.75, 3.05) is 6.54 Å². The van der Waals surface area contributed by atoms with Gasteiger partial charge in [0.25, 0.3) is 0 Å². The summed E-state index contributed by atoms with van der Waals surface area (Å²) in [5.74, 6) is 0.736. The molecule has 2 heteroatoms. The smallest absolute Gasteiger partial charge is 0.0950 e. The fourth-order valence-corrected chi connectivity index (χ4v) is 3.74. The van der Waals surface area contributed by atoms with Gasteiger partial charge in [-0.25, -0.2) is 0 Å². The molecule has 1 saturated carbocycles. The van der Waals surface area contributed by atoms with Gasteiger partial charge in [-0.2, -0.15) is 0 Å². The van der Waals surface area contributed by atoms with Crippen LogP contribution in [0.1, 0.15) is 57.3 Å². The van der Waals surface area contributed by atoms with Crippen LogP contribution in [0.25, 0.3) is 0 Å². The van der Waals surface area contributed by atoms with Crippen molar-refractivity contribution in [2.24, 2.45) is 17.1 Å². The van der Waals surface area contributed by atoms with E-state index in [-0.39, 0.29) is 6.10 Å². The summed E-state index contributed by atoms with van der Waals surface area (Å²) in [6, 6.07) is 8.52. The Morgan fingerprint density at radius 1 is 1.35 bits per heavy atom. The van der Waals surface area contributed by atoms with E-state index in [0.717, 1.165) is 18.8 Å². The summed E-state index contributed by atoms with van der Waals surface area (Å²) in [4.78, 5) is 0. The first kappa shape index (κ1) is 15.5. The zero-order valence-corrected chi connectivity index (χ0v) is 13.4. The van der Waals surface area contributed by atoms with E-state index < -0.39 is 0 Å². The Hall–Kier alpha value is -0.860. The van der Waals surface area contributed by atoms with E-state index in [2.05, 4.69) is 52.0 Å². The molecular formula is C18H29NO. The molecule has 1 aromatic rings. The van der Waals surface area contributed by atoms with Gasteiger partial charge in [-0.1, -0.05) is 50.6 Å². The van der Waals surface area contributed by atoms with Gasteiger partial charge in [0.15, 0.2) is 0 Å². The van der Waals surface area contributed by atoms with Crippen LogP contribution < -0.4 is 5.73 Å². The molecule has 1 aliphatic rings. The second-order valence-electron chi connectivity index (χ2n) is 7.31. The van der Waals surface area contributed by atoms with E-state index in [1.54, 1.807) is 0 Å². The molecule has 3 atom stereocenters. The van der Waals surface area contributed by atoms with Gasteiger partial charge >= 0.3 is 0 Å². The molecule has 1 fully saturated rings. The average molecular weight is 275 g/mol. The topological polar surface area (TPSA) is 35.2 Å². The molecule has 1 aromatic carbocycles. The zero-order chi connectivity index (χ0) is 14.8. The van der Waals surface area contributed by atoms with E-state index in [4.69, 9.17) is 10.5 Å². The molecule has 0 spiro atoms. The first-order valence-corrected chi connectivity index (χ1v) is 7.82. The number of hydrogen-bond acceptors (Lipinski definition) is 2. The molecule has 0 saturated heterocycles. The maximum atomic E-state index is 6.36. The van der Waals surface area contributed by atoms with E-state index in [1.807, 2.05) is 0 Å². The van der Waals surface area contributed by atoms with Crippen LogP contribution in [-0.2, 0) is 4.74 Å². The lowest BCUT2D eigenvalue weighted by Gasteiger charge is -2.40. The predicted molar refractivity (Wildman–Crippen MR) is 84.6 cm³/mol. The molecule has 1 aliphatic carbocycles. The Labute approximate surface area is 123 Å². The third-order valence-electron chi connectivity index (χ3n) is 4.33. The minimum atomic E-state index is 0.0287. The predicted octanol–water partition coefficient (Wildman–Crippen LogP) is 4.23. The first-order valence-electron chi connectivity index (χ1n) is 7.82. The van der Waals surface area contributed by atoms with E-state index in [1.165, 1.54) is 17.5 Å². The number of ether oxygens (including phenoxy) is 1. The largest absolute Gasteiger partial charge is 0.369 e. The Kier molecular flexibility index (Phi) is 4.87. The van der Waals surface area contributed by atoms with Crippen molar-refractivity contribution in [2.45, 2.75) is 59.2 Å². The summed E-state index contributed by atoms with van der Waals surface area (Å²) in [6.07, 6.45) is 3.96. The minimum absolute atomic E-state index is 0.0287. The summed E-state index contributed by atoms with van der Waals surface area (Å²) in [5.41, 5.74) is 8.81. The molecule has 0 aliphatic heterocycles. The Morgan fingerprint density at radius 2 is 2.10 bits per heavy atom. The van der Waals surface area contributed by atoms with E-state index >= 15 is 0 Å². The highest BCUT2D eigenvalue weighted by Gasteiger charge is 2.33. The van der Waals surface area contributed by atoms with Crippen LogP contribution in [0, 0.1) is 18.3 Å². The third-order valence-corrected chi connectivity index (χ3v) is 4.33. The molecule has 0 radical (unpaired) electrons. The number of benzene rings is 1. The van der Waals surface area contributed by atoms with Gasteiger partial charge in [0.2, 0.25) is 0 Å². The van der Waals surface area contributed by atoms with E-state index in [9.17, 15) is 0 Å². The monoisotopic (exact) mass is 275 g/mol. The van der Waals surface area contributed by atoms with Gasteiger partial charge in [-0.3, -0.25) is 0 Å². The van der Waals surface area contributed by atoms with Crippen molar-refractivity contribution in [1.82, 2.24) is 0 Å². The standard InChI is InChI=1S/C18H29NO/c1-13-6-5-7-15(8-13)17(12-19)20-16-9-14(2)10-18(3,4)11-16/h5-8,14,16-17H,9-12,19H2,1-4H3. The molecule has 2 N–H and O–H groups in total. The minimum Gasteiger partial charge on any atom is -0.369 e. The maximum Gasteiger partial charge on any atom is 0.0950 e. The third kappa shape index (κ3) is 4.07. The first-order chi connectivity index (χ1) is 9.39. The normalized spacial score (nSPS) is 27.2. The van der Waals surface area contributed by atoms with Crippen LogP contribution in [0.4, 0.5) is 0 Å². The SMILES string of the molecule is Cc1cccc(C(CN)OC2CC(C)CC(C)(C)C2)c1. The molecule has 0 bridgehead atoms. The summed E-state index contributed by atoms with van der Waals surface area (Å²) < 4.78 is 6.36. The van der Waals surface area contributed by atoms with Gasteiger partial charge in [0.05, 0.1) is 12.2 Å². The Morgan fingerprint density at radius 3 is 2.70 bits per heavy atom. The van der Waals surface area contributed by atoms with Gasteiger partial charge in [-0.15, -0.1) is 0 Å². The van der Waals surface area contributed by atoms with Gasteiger partial charge in [0.1, 0.15) is 0 Å². The molecule has 0 amide bonds. The summed E-state index contributed by atoms with van der Waals surface area (Å²) >= 11 is 0. The second kappa shape index (κ2) is 6.28. The van der Waals surface area contributed by atoms with Crippen molar-refractivity contribution >= 4 is 0 Å². The van der Waals surface area contributed by atoms with E-state index in [0.29, 0.717) is 18.1 Å². The lowest BCUT2D eigenvalue weighted by molar-refractivity contribution is -0.0635. The van der Waals surface area contributed by atoms with Gasteiger partial charge in [-0.05, 0) is 43.1 Å². The van der Waals surface area contributed by atoms with Crippen LogP contribution in [0.2, 0.25) is 0 Å². The number of rotatable bonds is 4. The van der Waals surface area contributed by atoms with Crippen molar-refractivity contribution in [3.05, 3.63) is 35.4 Å². The Bertz CT molecular complexity index is 441. The summed E-state index contributed by atoms with van der Waals surface area (Å²) in [7, 11) is 0. The Balaban J connectivity index is 2.06. The van der Waals surface area contributed by atoms with Crippen LogP contribution in [0.3, 0.4) is 0 Å². The molecule has 3 unspecified atom stereocenters. The van der Waals surface area contributed by atoms with Crippen molar-refractivity contribution in [1.29, 1.82) is 0 Å². The fourth-order valence-electron chi connectivity index (χ4n) is 3.74. The van der Waals surface area contributed by atoms with Crippen molar-refractivity contribution in [3.63, 3.8) is 0 Å². The molecule has 112 valence electrons. The fraction of sp³-hybridized carbons (Fsp3) is 0.667. The van der Waals surface area contributed by atoms with Crippen molar-refractivity contribution < 1.29 is 4.74 Å². The molecule has 2 rings (SSSR count). The van der Waals surface area contributed by atoms with Crippen LogP contribution >= 0.6 is 0 Å². The highest BCUT2D eigenvalue weighted by Crippen LogP contribution is 2.41. The summed E-state index contributed by atoms with van der Waals surface area (Å²) in [5, 5.41) is 0. The molecule has 0 heterocycles. The molecule has 2 nitrogen and oxygen atoms in total. The quantitative estimate of drug-likeness (QED) is 0.892. The number of hydrogen-bond donors (Lipinski definition) is 1. The highest BCUT2D eigenvalue weighted by molar-refractivity contribution is 5.24. The second-order valence-corrected chi connectivity index (χ2v) is 7.31. The number of aryl methyl sites for hydroxylation is 1. The highest BCUT2D eigenvalue weighted by atomic mass is 16.5.